The lowest BCUT2D eigenvalue weighted by molar-refractivity contribution is 0.318. The molecule has 1 rings (SSSR count). The Balaban J connectivity index is 2.46. The fourth-order valence-electron chi connectivity index (χ4n) is 1.66. The van der Waals surface area contributed by atoms with Crippen LogP contribution >= 0.6 is 0 Å². The predicted octanol–water partition coefficient (Wildman–Crippen LogP) is -0.0509. The number of rotatable bonds is 8. The highest BCUT2D eigenvalue weighted by molar-refractivity contribution is 7.88. The monoisotopic (exact) mass is 318 g/mol. The number of nitrogens with zero attached hydrogens (tertiary/aromatic N) is 1. The maximum Gasteiger partial charge on any atom is 0.208 e. The quantitative estimate of drug-likeness (QED) is 0.176. The Morgan fingerprint density at radius 3 is 2.76 bits per heavy atom. The van der Waals surface area contributed by atoms with Crippen LogP contribution in [0.1, 0.15) is 17.5 Å². The summed E-state index contributed by atoms with van der Waals surface area (Å²) >= 11 is 0. The molecule has 0 bridgehead atoms. The Hall–Kier alpha value is -1.71. The molecule has 0 aliphatic heterocycles. The number of benzene rings is 1. The van der Waals surface area contributed by atoms with E-state index in [1.807, 2.05) is 0 Å². The van der Waals surface area contributed by atoms with E-state index in [0.29, 0.717) is 25.1 Å². The van der Waals surface area contributed by atoms with E-state index in [0.717, 1.165) is 6.26 Å². The molecule has 0 heterocycles. The molecule has 21 heavy (non-hydrogen) atoms. The molecule has 7 nitrogen and oxygen atoms in total. The molecule has 0 aromatic heterocycles. The van der Waals surface area contributed by atoms with Crippen LogP contribution in [-0.4, -0.2) is 38.8 Å². The standard InChI is InChI=1S/C12H19FN4O3S/c1-21(19,20)16-7-3-6-15-8-9-4-2-5-10(11(9)13)12(14)17-18/h2,4-5,15-16,18H,3,6-8H2,1H3,(H2,14,17). The van der Waals surface area contributed by atoms with E-state index in [-0.39, 0.29) is 17.9 Å². The van der Waals surface area contributed by atoms with Crippen LogP contribution in [0.2, 0.25) is 0 Å². The Labute approximate surface area is 123 Å². The Bertz CT molecular complexity index is 605. The summed E-state index contributed by atoms with van der Waals surface area (Å²) in [6.45, 7) is 1.10. The van der Waals surface area contributed by atoms with Crippen molar-refractivity contribution in [2.24, 2.45) is 10.9 Å². The highest BCUT2D eigenvalue weighted by Crippen LogP contribution is 2.12. The molecule has 0 fully saturated rings. The van der Waals surface area contributed by atoms with Crippen LogP contribution in [0.15, 0.2) is 23.4 Å². The molecule has 0 spiro atoms. The van der Waals surface area contributed by atoms with Crippen molar-refractivity contribution >= 4 is 15.9 Å². The van der Waals surface area contributed by atoms with Crippen molar-refractivity contribution in [3.05, 3.63) is 35.1 Å². The van der Waals surface area contributed by atoms with Crippen LogP contribution in [0.3, 0.4) is 0 Å². The number of nitrogens with one attached hydrogen (secondary N) is 2. The molecule has 0 amide bonds. The van der Waals surface area contributed by atoms with Gasteiger partial charge in [-0.15, -0.1) is 0 Å². The molecule has 1 aromatic carbocycles. The second kappa shape index (κ2) is 7.91. The number of oxime groups is 1. The van der Waals surface area contributed by atoms with Gasteiger partial charge in [-0.05, 0) is 19.0 Å². The number of amidine groups is 1. The minimum absolute atomic E-state index is 0.0375. The second-order valence-corrected chi connectivity index (χ2v) is 6.29. The van der Waals surface area contributed by atoms with Crippen molar-refractivity contribution in [3.63, 3.8) is 0 Å². The molecule has 0 aliphatic rings. The zero-order chi connectivity index (χ0) is 15.9. The molecule has 0 saturated carbocycles. The molecule has 0 saturated heterocycles. The Kier molecular flexibility index (Phi) is 6.53. The van der Waals surface area contributed by atoms with Gasteiger partial charge in [0, 0.05) is 18.7 Å². The number of nitrogens with two attached hydrogens (primary N) is 1. The third kappa shape index (κ3) is 6.06. The molecule has 5 N–H and O–H groups in total. The van der Waals surface area contributed by atoms with Gasteiger partial charge in [0.25, 0.3) is 0 Å². The van der Waals surface area contributed by atoms with E-state index in [2.05, 4.69) is 15.2 Å². The first-order valence-electron chi connectivity index (χ1n) is 6.26. The van der Waals surface area contributed by atoms with E-state index in [4.69, 9.17) is 10.9 Å². The van der Waals surface area contributed by atoms with Gasteiger partial charge in [0.2, 0.25) is 10.0 Å². The van der Waals surface area contributed by atoms with Gasteiger partial charge in [-0.2, -0.15) is 0 Å². The fourth-order valence-corrected chi connectivity index (χ4v) is 2.18. The lowest BCUT2D eigenvalue weighted by atomic mass is 10.1. The minimum Gasteiger partial charge on any atom is -0.409 e. The van der Waals surface area contributed by atoms with E-state index >= 15 is 0 Å². The largest absolute Gasteiger partial charge is 0.409 e. The molecular weight excluding hydrogens is 299 g/mol. The van der Waals surface area contributed by atoms with Gasteiger partial charge >= 0.3 is 0 Å². The lowest BCUT2D eigenvalue weighted by Crippen LogP contribution is -2.26. The lowest BCUT2D eigenvalue weighted by Gasteiger charge is -2.09. The van der Waals surface area contributed by atoms with Crippen molar-refractivity contribution in [3.8, 4) is 0 Å². The van der Waals surface area contributed by atoms with Crippen LogP contribution in [0.25, 0.3) is 0 Å². The first-order chi connectivity index (χ1) is 9.85. The first kappa shape index (κ1) is 17.3. The maximum atomic E-state index is 14.0. The SMILES string of the molecule is CS(=O)(=O)NCCCNCc1cccc(/C(N)=N/O)c1F. The van der Waals surface area contributed by atoms with Gasteiger partial charge in [-0.1, -0.05) is 17.3 Å². The highest BCUT2D eigenvalue weighted by Gasteiger charge is 2.10. The summed E-state index contributed by atoms with van der Waals surface area (Å²) in [4.78, 5) is 0. The van der Waals surface area contributed by atoms with Crippen LogP contribution in [0.5, 0.6) is 0 Å². The summed E-state index contributed by atoms with van der Waals surface area (Å²) in [5, 5.41) is 14.3. The zero-order valence-electron chi connectivity index (χ0n) is 11.6. The highest BCUT2D eigenvalue weighted by atomic mass is 32.2. The summed E-state index contributed by atoms with van der Waals surface area (Å²) in [7, 11) is -3.18. The third-order valence-electron chi connectivity index (χ3n) is 2.67. The second-order valence-electron chi connectivity index (χ2n) is 4.46. The minimum atomic E-state index is -3.18. The molecule has 0 unspecified atom stereocenters. The van der Waals surface area contributed by atoms with E-state index in [1.165, 1.54) is 6.07 Å². The number of hydrogen-bond donors (Lipinski definition) is 4. The molecule has 1 aromatic rings. The summed E-state index contributed by atoms with van der Waals surface area (Å²) in [5.41, 5.74) is 5.80. The average Bonchev–Trinajstić information content (AvgIpc) is 2.42. The van der Waals surface area contributed by atoms with Crippen molar-refractivity contribution in [1.82, 2.24) is 10.0 Å². The normalized spacial score (nSPS) is 12.6. The van der Waals surface area contributed by atoms with E-state index in [1.54, 1.807) is 12.1 Å². The molecule has 0 atom stereocenters. The summed E-state index contributed by atoms with van der Waals surface area (Å²) in [5.74, 6) is -0.832. The smallest absolute Gasteiger partial charge is 0.208 e. The van der Waals surface area contributed by atoms with Crippen LogP contribution in [0.4, 0.5) is 4.39 Å². The molecule has 0 aliphatic carbocycles. The van der Waals surface area contributed by atoms with E-state index in [9.17, 15) is 12.8 Å². The molecule has 118 valence electrons. The summed E-state index contributed by atoms with van der Waals surface area (Å²) in [6.07, 6.45) is 1.67. The van der Waals surface area contributed by atoms with Crippen molar-refractivity contribution < 1.29 is 18.0 Å². The van der Waals surface area contributed by atoms with Crippen molar-refractivity contribution in [1.29, 1.82) is 0 Å². The van der Waals surface area contributed by atoms with Crippen molar-refractivity contribution in [2.45, 2.75) is 13.0 Å². The molecular formula is C12H19FN4O3S. The number of hydrogen-bond acceptors (Lipinski definition) is 5. The zero-order valence-corrected chi connectivity index (χ0v) is 12.5. The fraction of sp³-hybridized carbons (Fsp3) is 0.417. The van der Waals surface area contributed by atoms with Gasteiger partial charge in [0.15, 0.2) is 5.84 Å². The van der Waals surface area contributed by atoms with Gasteiger partial charge < -0.3 is 16.3 Å². The van der Waals surface area contributed by atoms with Crippen LogP contribution < -0.4 is 15.8 Å². The van der Waals surface area contributed by atoms with Crippen molar-refractivity contribution in [2.75, 3.05) is 19.3 Å². The average molecular weight is 318 g/mol. The number of sulfonamides is 1. The van der Waals surface area contributed by atoms with Gasteiger partial charge in [0.1, 0.15) is 5.82 Å². The van der Waals surface area contributed by atoms with Crippen LogP contribution in [0, 0.1) is 5.82 Å². The topological polar surface area (TPSA) is 117 Å². The summed E-state index contributed by atoms with van der Waals surface area (Å²) < 4.78 is 38.1. The molecule has 0 radical (unpaired) electrons. The van der Waals surface area contributed by atoms with Gasteiger partial charge in [-0.25, -0.2) is 17.5 Å². The Morgan fingerprint density at radius 1 is 1.43 bits per heavy atom. The number of halogens is 1. The van der Waals surface area contributed by atoms with Gasteiger partial charge in [0.05, 0.1) is 11.8 Å². The van der Waals surface area contributed by atoms with E-state index < -0.39 is 15.8 Å². The van der Waals surface area contributed by atoms with Crippen LogP contribution in [-0.2, 0) is 16.6 Å². The molecule has 9 heteroatoms. The summed E-state index contributed by atoms with van der Waals surface area (Å²) in [6, 6.07) is 4.62. The maximum absolute atomic E-state index is 14.0. The first-order valence-corrected chi connectivity index (χ1v) is 8.15. The Morgan fingerprint density at radius 2 is 2.14 bits per heavy atom. The predicted molar refractivity (Wildman–Crippen MR) is 78.1 cm³/mol. The third-order valence-corrected chi connectivity index (χ3v) is 3.40. The van der Waals surface area contributed by atoms with Gasteiger partial charge in [-0.3, -0.25) is 0 Å².